The Bertz CT molecular complexity index is 164. The zero-order chi connectivity index (χ0) is 12.3. The van der Waals surface area contributed by atoms with E-state index in [1.54, 1.807) is 0 Å². The van der Waals surface area contributed by atoms with Crippen molar-refractivity contribution >= 4 is 0 Å². The maximum atomic E-state index is 5.52. The molecule has 1 aliphatic rings. The second kappa shape index (κ2) is 9.86. The minimum Gasteiger partial charge on any atom is -0.353 e. The van der Waals surface area contributed by atoms with Crippen molar-refractivity contribution in [1.82, 2.24) is 5.32 Å². The van der Waals surface area contributed by atoms with Gasteiger partial charge in [-0.05, 0) is 46.1 Å². The van der Waals surface area contributed by atoms with Gasteiger partial charge < -0.3 is 14.8 Å². The molecule has 1 fully saturated rings. The van der Waals surface area contributed by atoms with E-state index in [0.29, 0.717) is 0 Å². The fourth-order valence-corrected chi connectivity index (χ4v) is 2.47. The Hall–Kier alpha value is -0.120. The molecule has 0 radical (unpaired) electrons. The van der Waals surface area contributed by atoms with Crippen molar-refractivity contribution in [3.63, 3.8) is 0 Å². The summed E-state index contributed by atoms with van der Waals surface area (Å²) in [6, 6.07) is 0.765. The van der Waals surface area contributed by atoms with Gasteiger partial charge in [0.25, 0.3) is 0 Å². The Morgan fingerprint density at radius 2 is 1.71 bits per heavy atom. The average Bonchev–Trinajstić information content (AvgIpc) is 2.36. The first-order chi connectivity index (χ1) is 8.36. The van der Waals surface area contributed by atoms with Crippen molar-refractivity contribution in [3.8, 4) is 0 Å². The molecular weight excluding hydrogens is 214 g/mol. The van der Waals surface area contributed by atoms with E-state index in [1.807, 2.05) is 13.8 Å². The van der Waals surface area contributed by atoms with Crippen LogP contribution in [0.5, 0.6) is 0 Å². The smallest absolute Gasteiger partial charge is 0.157 e. The third-order valence-corrected chi connectivity index (χ3v) is 3.36. The predicted molar refractivity (Wildman–Crippen MR) is 71.1 cm³/mol. The monoisotopic (exact) mass is 243 g/mol. The summed E-state index contributed by atoms with van der Waals surface area (Å²) in [4.78, 5) is 0. The van der Waals surface area contributed by atoms with Crippen LogP contribution in [0.3, 0.4) is 0 Å². The van der Waals surface area contributed by atoms with Gasteiger partial charge >= 0.3 is 0 Å². The molecule has 1 saturated carbocycles. The molecule has 0 aromatic carbocycles. The van der Waals surface area contributed by atoms with Crippen molar-refractivity contribution in [2.45, 2.75) is 71.1 Å². The van der Waals surface area contributed by atoms with E-state index >= 15 is 0 Å². The molecule has 0 spiro atoms. The van der Waals surface area contributed by atoms with E-state index in [0.717, 1.165) is 38.6 Å². The van der Waals surface area contributed by atoms with Crippen LogP contribution < -0.4 is 5.32 Å². The van der Waals surface area contributed by atoms with Gasteiger partial charge in [0.1, 0.15) is 0 Å². The van der Waals surface area contributed by atoms with Crippen LogP contribution in [-0.2, 0) is 9.47 Å². The minimum absolute atomic E-state index is 0.00171. The first kappa shape index (κ1) is 14.9. The van der Waals surface area contributed by atoms with Crippen molar-refractivity contribution in [1.29, 1.82) is 0 Å². The van der Waals surface area contributed by atoms with Gasteiger partial charge in [-0.2, -0.15) is 0 Å². The van der Waals surface area contributed by atoms with Gasteiger partial charge in [-0.3, -0.25) is 0 Å². The molecule has 0 bridgehead atoms. The molecule has 0 atom stereocenters. The van der Waals surface area contributed by atoms with E-state index in [9.17, 15) is 0 Å². The first-order valence-corrected chi connectivity index (χ1v) is 7.33. The highest BCUT2D eigenvalue weighted by Crippen LogP contribution is 2.17. The molecule has 1 aliphatic carbocycles. The summed E-state index contributed by atoms with van der Waals surface area (Å²) in [6.45, 7) is 6.61. The van der Waals surface area contributed by atoms with Gasteiger partial charge in [-0.15, -0.1) is 0 Å². The zero-order valence-corrected chi connectivity index (χ0v) is 11.5. The maximum Gasteiger partial charge on any atom is 0.157 e. The summed E-state index contributed by atoms with van der Waals surface area (Å²) in [7, 11) is 0. The zero-order valence-electron chi connectivity index (χ0n) is 11.5. The van der Waals surface area contributed by atoms with Crippen LogP contribution in [0.25, 0.3) is 0 Å². The van der Waals surface area contributed by atoms with Crippen LogP contribution >= 0.6 is 0 Å². The predicted octanol–water partition coefficient (Wildman–Crippen LogP) is 3.09. The molecule has 0 aromatic rings. The van der Waals surface area contributed by atoms with E-state index in [4.69, 9.17) is 9.47 Å². The highest BCUT2D eigenvalue weighted by atomic mass is 16.7. The Labute approximate surface area is 106 Å². The number of ether oxygens (including phenoxy) is 2. The van der Waals surface area contributed by atoms with Crippen LogP contribution in [0.15, 0.2) is 0 Å². The van der Waals surface area contributed by atoms with Gasteiger partial charge in [0.15, 0.2) is 6.29 Å². The number of hydrogen-bond acceptors (Lipinski definition) is 3. The highest BCUT2D eigenvalue weighted by molar-refractivity contribution is 4.71. The molecule has 0 saturated heterocycles. The van der Waals surface area contributed by atoms with Gasteiger partial charge in [0.05, 0.1) is 0 Å². The summed E-state index contributed by atoms with van der Waals surface area (Å²) in [5.41, 5.74) is 0. The lowest BCUT2D eigenvalue weighted by molar-refractivity contribution is -0.139. The van der Waals surface area contributed by atoms with Crippen LogP contribution in [0.2, 0.25) is 0 Å². The highest BCUT2D eigenvalue weighted by Gasteiger charge is 2.12. The van der Waals surface area contributed by atoms with E-state index in [1.165, 1.54) is 32.1 Å². The second-order valence-electron chi connectivity index (χ2n) is 4.77. The Balaban J connectivity index is 2.00. The van der Waals surface area contributed by atoms with Crippen molar-refractivity contribution < 1.29 is 9.47 Å². The molecule has 0 unspecified atom stereocenters. The molecular formula is C14H29NO2. The van der Waals surface area contributed by atoms with Gasteiger partial charge in [0, 0.05) is 19.3 Å². The molecule has 1 N–H and O–H groups in total. The van der Waals surface area contributed by atoms with Crippen molar-refractivity contribution in [3.05, 3.63) is 0 Å². The molecule has 0 aliphatic heterocycles. The fourth-order valence-electron chi connectivity index (χ4n) is 2.47. The summed E-state index contributed by atoms with van der Waals surface area (Å²) in [5, 5.41) is 3.65. The van der Waals surface area contributed by atoms with Gasteiger partial charge in [0.2, 0.25) is 0 Å². The average molecular weight is 243 g/mol. The second-order valence-corrected chi connectivity index (χ2v) is 4.77. The standard InChI is InChI=1S/C14H29NO2/c1-3-16-14(17-4-2)11-8-12-15-13-9-6-5-7-10-13/h13-15H,3-12H2,1-2H3. The SMILES string of the molecule is CCOC(CCCNC1CCCCC1)OCC. The lowest BCUT2D eigenvalue weighted by atomic mass is 9.95. The molecule has 3 heteroatoms. The van der Waals surface area contributed by atoms with Crippen LogP contribution in [-0.4, -0.2) is 32.1 Å². The quantitative estimate of drug-likeness (QED) is 0.498. The third-order valence-electron chi connectivity index (χ3n) is 3.36. The Morgan fingerprint density at radius 3 is 2.29 bits per heavy atom. The maximum absolute atomic E-state index is 5.52. The fraction of sp³-hybridized carbons (Fsp3) is 1.00. The summed E-state index contributed by atoms with van der Waals surface area (Å²) < 4.78 is 11.0. The summed E-state index contributed by atoms with van der Waals surface area (Å²) in [6.07, 6.45) is 9.09. The molecule has 17 heavy (non-hydrogen) atoms. The van der Waals surface area contributed by atoms with Crippen molar-refractivity contribution in [2.75, 3.05) is 19.8 Å². The lowest BCUT2D eigenvalue weighted by Crippen LogP contribution is -2.32. The van der Waals surface area contributed by atoms with Crippen LogP contribution in [0.1, 0.15) is 58.8 Å². The topological polar surface area (TPSA) is 30.5 Å². The molecule has 0 aromatic heterocycles. The molecule has 1 rings (SSSR count). The molecule has 0 amide bonds. The molecule has 3 nitrogen and oxygen atoms in total. The summed E-state index contributed by atoms with van der Waals surface area (Å²) in [5.74, 6) is 0. The van der Waals surface area contributed by atoms with Crippen LogP contribution in [0, 0.1) is 0 Å². The van der Waals surface area contributed by atoms with E-state index < -0.39 is 0 Å². The first-order valence-electron chi connectivity index (χ1n) is 7.33. The molecule has 0 heterocycles. The number of hydrogen-bond donors (Lipinski definition) is 1. The Kier molecular flexibility index (Phi) is 8.67. The summed E-state index contributed by atoms with van der Waals surface area (Å²) >= 11 is 0. The van der Waals surface area contributed by atoms with Crippen LogP contribution in [0.4, 0.5) is 0 Å². The number of nitrogens with one attached hydrogen (secondary N) is 1. The molecule has 102 valence electrons. The van der Waals surface area contributed by atoms with Gasteiger partial charge in [-0.25, -0.2) is 0 Å². The number of rotatable bonds is 9. The normalized spacial score (nSPS) is 17.8. The Morgan fingerprint density at radius 1 is 1.06 bits per heavy atom. The van der Waals surface area contributed by atoms with Crippen molar-refractivity contribution in [2.24, 2.45) is 0 Å². The van der Waals surface area contributed by atoms with E-state index in [-0.39, 0.29) is 6.29 Å². The van der Waals surface area contributed by atoms with E-state index in [2.05, 4.69) is 5.32 Å². The van der Waals surface area contributed by atoms with Gasteiger partial charge in [-0.1, -0.05) is 19.3 Å². The lowest BCUT2D eigenvalue weighted by Gasteiger charge is -2.23. The third kappa shape index (κ3) is 7.02. The largest absolute Gasteiger partial charge is 0.353 e. The minimum atomic E-state index is -0.00171.